The van der Waals surface area contributed by atoms with Crippen molar-refractivity contribution in [3.05, 3.63) is 34.7 Å². The quantitative estimate of drug-likeness (QED) is 0.793. The molecule has 0 unspecified atom stereocenters. The van der Waals surface area contributed by atoms with Crippen LogP contribution in [0.3, 0.4) is 0 Å². The van der Waals surface area contributed by atoms with E-state index in [2.05, 4.69) is 33.4 Å². The lowest BCUT2D eigenvalue weighted by atomic mass is 9.89. The molecular formula is C20H28N2O. The van der Waals surface area contributed by atoms with Crippen molar-refractivity contribution in [3.63, 3.8) is 0 Å². The van der Waals surface area contributed by atoms with Crippen molar-refractivity contribution in [2.75, 3.05) is 0 Å². The molecule has 3 nitrogen and oxygen atoms in total. The van der Waals surface area contributed by atoms with Gasteiger partial charge >= 0.3 is 5.69 Å². The number of benzene rings is 1. The maximum atomic E-state index is 13.2. The summed E-state index contributed by atoms with van der Waals surface area (Å²) in [5, 5.41) is 0. The molecule has 0 bridgehead atoms. The predicted molar refractivity (Wildman–Crippen MR) is 94.9 cm³/mol. The zero-order chi connectivity index (χ0) is 15.6. The molecule has 0 N–H and O–H groups in total. The van der Waals surface area contributed by atoms with Crippen LogP contribution < -0.4 is 5.69 Å². The van der Waals surface area contributed by atoms with Crippen molar-refractivity contribution in [3.8, 4) is 0 Å². The first-order valence-corrected chi connectivity index (χ1v) is 9.54. The van der Waals surface area contributed by atoms with Gasteiger partial charge < -0.3 is 0 Å². The van der Waals surface area contributed by atoms with Crippen molar-refractivity contribution in [1.82, 2.24) is 9.13 Å². The highest BCUT2D eigenvalue weighted by molar-refractivity contribution is 5.76. The van der Waals surface area contributed by atoms with Crippen LogP contribution in [0.15, 0.2) is 29.1 Å². The van der Waals surface area contributed by atoms with Crippen molar-refractivity contribution in [1.29, 1.82) is 0 Å². The Hall–Kier alpha value is -1.51. The van der Waals surface area contributed by atoms with Gasteiger partial charge in [-0.3, -0.25) is 9.13 Å². The molecule has 2 aliphatic carbocycles. The molecule has 23 heavy (non-hydrogen) atoms. The van der Waals surface area contributed by atoms with Crippen LogP contribution in [0.4, 0.5) is 0 Å². The maximum Gasteiger partial charge on any atom is 0.329 e. The molecule has 2 aromatic rings. The smallest absolute Gasteiger partial charge is 0.292 e. The van der Waals surface area contributed by atoms with Crippen molar-refractivity contribution in [2.24, 2.45) is 5.92 Å². The van der Waals surface area contributed by atoms with Crippen LogP contribution in [0, 0.1) is 5.92 Å². The Morgan fingerprint density at radius 2 is 1.43 bits per heavy atom. The Morgan fingerprint density at radius 3 is 2.13 bits per heavy atom. The van der Waals surface area contributed by atoms with Gasteiger partial charge in [0, 0.05) is 12.6 Å². The molecule has 0 spiro atoms. The van der Waals surface area contributed by atoms with E-state index in [0.29, 0.717) is 12.0 Å². The Morgan fingerprint density at radius 1 is 0.826 bits per heavy atom. The average Bonchev–Trinajstić information content (AvgIpc) is 2.89. The first-order valence-electron chi connectivity index (χ1n) is 9.54. The van der Waals surface area contributed by atoms with E-state index in [9.17, 15) is 4.79 Å². The lowest BCUT2D eigenvalue weighted by Gasteiger charge is -2.23. The number of hydrogen-bond acceptors (Lipinski definition) is 1. The topological polar surface area (TPSA) is 26.9 Å². The van der Waals surface area contributed by atoms with E-state index in [-0.39, 0.29) is 5.69 Å². The SMILES string of the molecule is O=c1n(CC2CCCCC2)c2ccccc2n1C1CCCCC1. The first-order chi connectivity index (χ1) is 11.3. The molecule has 0 radical (unpaired) electrons. The van der Waals surface area contributed by atoms with Gasteiger partial charge in [0.05, 0.1) is 11.0 Å². The molecule has 2 saturated carbocycles. The molecule has 124 valence electrons. The number of hydrogen-bond donors (Lipinski definition) is 0. The molecule has 4 rings (SSSR count). The van der Waals surface area contributed by atoms with Gasteiger partial charge in [0.25, 0.3) is 0 Å². The molecule has 1 heterocycles. The van der Waals surface area contributed by atoms with Crippen LogP contribution in [0.25, 0.3) is 11.0 Å². The lowest BCUT2D eigenvalue weighted by Crippen LogP contribution is -2.30. The second-order valence-corrected chi connectivity index (χ2v) is 7.55. The largest absolute Gasteiger partial charge is 0.329 e. The molecule has 2 fully saturated rings. The highest BCUT2D eigenvalue weighted by Crippen LogP contribution is 2.31. The van der Waals surface area contributed by atoms with Gasteiger partial charge in [-0.2, -0.15) is 0 Å². The average molecular weight is 312 g/mol. The molecule has 2 aliphatic rings. The van der Waals surface area contributed by atoms with E-state index < -0.39 is 0 Å². The number of aromatic nitrogens is 2. The van der Waals surface area contributed by atoms with Crippen LogP contribution in [0.2, 0.25) is 0 Å². The van der Waals surface area contributed by atoms with E-state index in [1.54, 1.807) is 0 Å². The summed E-state index contributed by atoms with van der Waals surface area (Å²) in [6, 6.07) is 8.84. The Kier molecular flexibility index (Phi) is 4.28. The maximum absolute atomic E-state index is 13.2. The fourth-order valence-electron chi connectivity index (χ4n) is 4.73. The van der Waals surface area contributed by atoms with Gasteiger partial charge in [-0.25, -0.2) is 4.79 Å². The van der Waals surface area contributed by atoms with Gasteiger partial charge in [-0.1, -0.05) is 50.7 Å². The van der Waals surface area contributed by atoms with Crippen LogP contribution in [-0.4, -0.2) is 9.13 Å². The summed E-state index contributed by atoms with van der Waals surface area (Å²) in [5.74, 6) is 0.687. The molecule has 0 saturated heterocycles. The minimum absolute atomic E-state index is 0.240. The standard InChI is InChI=1S/C20H28N2O/c23-20-21(15-16-9-3-1-4-10-16)18-13-7-8-14-19(18)22(20)17-11-5-2-6-12-17/h7-8,13-14,16-17H,1-6,9-12,15H2. The van der Waals surface area contributed by atoms with Gasteiger partial charge in [0.2, 0.25) is 0 Å². The number of nitrogens with zero attached hydrogens (tertiary/aromatic N) is 2. The van der Waals surface area contributed by atoms with E-state index in [0.717, 1.165) is 30.4 Å². The normalized spacial score (nSPS) is 21.0. The number of imidazole rings is 1. The van der Waals surface area contributed by atoms with E-state index in [4.69, 9.17) is 0 Å². The summed E-state index contributed by atoms with van der Waals surface area (Å²) in [6.45, 7) is 0.916. The summed E-state index contributed by atoms with van der Waals surface area (Å²) in [4.78, 5) is 13.2. The van der Waals surface area contributed by atoms with Crippen molar-refractivity contribution in [2.45, 2.75) is 76.8 Å². The summed E-state index contributed by atoms with van der Waals surface area (Å²) < 4.78 is 4.21. The highest BCUT2D eigenvalue weighted by Gasteiger charge is 2.23. The van der Waals surface area contributed by atoms with Crippen LogP contribution >= 0.6 is 0 Å². The van der Waals surface area contributed by atoms with Crippen molar-refractivity contribution >= 4 is 11.0 Å². The minimum Gasteiger partial charge on any atom is -0.292 e. The monoisotopic (exact) mass is 312 g/mol. The second-order valence-electron chi connectivity index (χ2n) is 7.55. The number of rotatable bonds is 3. The molecule has 3 heteroatoms. The summed E-state index contributed by atoms with van der Waals surface area (Å²) in [5.41, 5.74) is 2.54. The lowest BCUT2D eigenvalue weighted by molar-refractivity contribution is 0.311. The second kappa shape index (κ2) is 6.54. The summed E-state index contributed by atoms with van der Waals surface area (Å²) in [7, 11) is 0. The Labute approximate surface area is 138 Å². The van der Waals surface area contributed by atoms with E-state index >= 15 is 0 Å². The molecule has 0 atom stereocenters. The molecule has 1 aromatic carbocycles. The fourth-order valence-corrected chi connectivity index (χ4v) is 4.73. The molecule has 1 aromatic heterocycles. The Bertz CT molecular complexity index is 715. The zero-order valence-electron chi connectivity index (χ0n) is 14.0. The van der Waals surface area contributed by atoms with Crippen molar-refractivity contribution < 1.29 is 0 Å². The third-order valence-electron chi connectivity index (χ3n) is 5.97. The van der Waals surface area contributed by atoms with Gasteiger partial charge in [-0.05, 0) is 43.7 Å². The van der Waals surface area contributed by atoms with Crippen LogP contribution in [0.1, 0.15) is 70.3 Å². The number of fused-ring (bicyclic) bond motifs is 1. The van der Waals surface area contributed by atoms with Gasteiger partial charge in [0.1, 0.15) is 0 Å². The third kappa shape index (κ3) is 2.86. The molecular weight excluding hydrogens is 284 g/mol. The highest BCUT2D eigenvalue weighted by atomic mass is 16.1. The minimum atomic E-state index is 0.240. The zero-order valence-corrected chi connectivity index (χ0v) is 14.0. The Balaban J connectivity index is 1.74. The van der Waals surface area contributed by atoms with E-state index in [1.807, 2.05) is 0 Å². The van der Waals surface area contributed by atoms with Gasteiger partial charge in [-0.15, -0.1) is 0 Å². The fraction of sp³-hybridized carbons (Fsp3) is 0.650. The van der Waals surface area contributed by atoms with Crippen LogP contribution in [0.5, 0.6) is 0 Å². The predicted octanol–water partition coefficient (Wildman–Crippen LogP) is 4.89. The molecule has 0 aliphatic heterocycles. The van der Waals surface area contributed by atoms with Crippen LogP contribution in [-0.2, 0) is 6.54 Å². The summed E-state index contributed by atoms with van der Waals surface area (Å²) in [6.07, 6.45) is 12.8. The van der Waals surface area contributed by atoms with E-state index in [1.165, 1.54) is 51.4 Å². The number of para-hydroxylation sites is 2. The third-order valence-corrected chi connectivity index (χ3v) is 5.97. The summed E-state index contributed by atoms with van der Waals surface area (Å²) >= 11 is 0. The molecule has 0 amide bonds. The van der Waals surface area contributed by atoms with Gasteiger partial charge in [0.15, 0.2) is 0 Å². The first kappa shape index (κ1) is 15.0.